The first-order valence-corrected chi connectivity index (χ1v) is 8.20. The zero-order valence-electron chi connectivity index (χ0n) is 15.2. The van der Waals surface area contributed by atoms with Crippen molar-refractivity contribution in [2.24, 2.45) is 4.99 Å². The van der Waals surface area contributed by atoms with Gasteiger partial charge in [-0.1, -0.05) is 13.3 Å². The summed E-state index contributed by atoms with van der Waals surface area (Å²) in [5.41, 5.74) is -0.478. The molecule has 0 fully saturated rings. The van der Waals surface area contributed by atoms with Crippen molar-refractivity contribution in [3.63, 3.8) is 0 Å². The van der Waals surface area contributed by atoms with Crippen LogP contribution in [0.3, 0.4) is 0 Å². The molecule has 138 valence electrons. The van der Waals surface area contributed by atoms with Gasteiger partial charge in [-0.25, -0.2) is 4.99 Å². The lowest BCUT2D eigenvalue weighted by molar-refractivity contribution is -0.152. The molecule has 0 saturated carbocycles. The molecule has 0 saturated heterocycles. The molecular weight excluding hydrogens is 409 g/mol. The number of hydrogen-bond acceptors (Lipinski definition) is 4. The van der Waals surface area contributed by atoms with E-state index < -0.39 is 5.60 Å². The van der Waals surface area contributed by atoms with Gasteiger partial charge < -0.3 is 20.1 Å². The molecule has 0 bridgehead atoms. The molecule has 0 unspecified atom stereocenters. The third-order valence-corrected chi connectivity index (χ3v) is 2.53. The molecule has 0 aromatic carbocycles. The van der Waals surface area contributed by atoms with E-state index in [-0.39, 0.29) is 36.5 Å². The average Bonchev–Trinajstić information content (AvgIpc) is 2.41. The van der Waals surface area contributed by atoms with Gasteiger partial charge in [0.25, 0.3) is 0 Å². The van der Waals surface area contributed by atoms with Crippen molar-refractivity contribution in [1.29, 1.82) is 0 Å². The number of nitrogens with zero attached hydrogens (tertiary/aromatic N) is 1. The first-order valence-electron chi connectivity index (χ1n) is 8.20. The Kier molecular flexibility index (Phi) is 16.1. The standard InChI is InChI=1S/C16H33N3O3.HI/c1-6-8-11-21-12-9-10-18-15(17-7-2)19-13-14(20)22-16(3,4)5;/h6-13H2,1-5H3,(H2,17,18,19);1H. The number of carbonyl (C=O) groups is 1. The fourth-order valence-electron chi connectivity index (χ4n) is 1.59. The lowest BCUT2D eigenvalue weighted by Gasteiger charge is -2.19. The van der Waals surface area contributed by atoms with E-state index in [1.54, 1.807) is 0 Å². The topological polar surface area (TPSA) is 72.0 Å². The van der Waals surface area contributed by atoms with E-state index in [9.17, 15) is 4.79 Å². The normalized spacial score (nSPS) is 11.6. The molecule has 2 N–H and O–H groups in total. The van der Waals surface area contributed by atoms with Crippen LogP contribution in [0.4, 0.5) is 0 Å². The first kappa shape index (κ1) is 24.7. The molecule has 7 heteroatoms. The van der Waals surface area contributed by atoms with E-state index in [2.05, 4.69) is 22.5 Å². The van der Waals surface area contributed by atoms with Gasteiger partial charge in [0.05, 0.1) is 0 Å². The van der Waals surface area contributed by atoms with Crippen LogP contribution in [0.2, 0.25) is 0 Å². The van der Waals surface area contributed by atoms with Crippen LogP contribution in [-0.2, 0) is 14.3 Å². The van der Waals surface area contributed by atoms with Crippen LogP contribution >= 0.6 is 24.0 Å². The number of aliphatic imine (C=N–C) groups is 1. The number of rotatable bonds is 10. The molecule has 23 heavy (non-hydrogen) atoms. The van der Waals surface area contributed by atoms with Gasteiger partial charge in [0, 0.05) is 26.3 Å². The Morgan fingerprint density at radius 2 is 1.74 bits per heavy atom. The molecule has 0 aromatic heterocycles. The summed E-state index contributed by atoms with van der Waals surface area (Å²) in [7, 11) is 0. The minimum absolute atomic E-state index is 0. The Labute approximate surface area is 158 Å². The highest BCUT2D eigenvalue weighted by Gasteiger charge is 2.15. The van der Waals surface area contributed by atoms with Crippen molar-refractivity contribution in [2.45, 2.75) is 59.5 Å². The molecule has 0 aliphatic rings. The van der Waals surface area contributed by atoms with Crippen molar-refractivity contribution < 1.29 is 14.3 Å². The van der Waals surface area contributed by atoms with E-state index in [1.807, 2.05) is 27.7 Å². The largest absolute Gasteiger partial charge is 0.459 e. The zero-order valence-corrected chi connectivity index (χ0v) is 17.6. The number of nitrogens with one attached hydrogen (secondary N) is 2. The number of ether oxygens (including phenoxy) is 2. The number of hydrogen-bond donors (Lipinski definition) is 2. The number of unbranched alkanes of at least 4 members (excludes halogenated alkanes) is 1. The first-order chi connectivity index (χ1) is 10.4. The summed E-state index contributed by atoms with van der Waals surface area (Å²) in [4.78, 5) is 15.9. The third-order valence-electron chi connectivity index (χ3n) is 2.53. The maximum Gasteiger partial charge on any atom is 0.328 e. The van der Waals surface area contributed by atoms with Gasteiger partial charge in [0.15, 0.2) is 5.96 Å². The Bertz CT molecular complexity index is 331. The van der Waals surface area contributed by atoms with Gasteiger partial charge in [-0.15, -0.1) is 24.0 Å². The molecule has 0 rings (SSSR count). The van der Waals surface area contributed by atoms with Crippen LogP contribution in [-0.4, -0.2) is 50.4 Å². The summed E-state index contributed by atoms with van der Waals surface area (Å²) in [6, 6.07) is 0. The van der Waals surface area contributed by atoms with Crippen LogP contribution < -0.4 is 10.6 Å². The van der Waals surface area contributed by atoms with Gasteiger partial charge in [-0.2, -0.15) is 0 Å². The van der Waals surface area contributed by atoms with Crippen LogP contribution in [0, 0.1) is 0 Å². The second kappa shape index (κ2) is 15.0. The fourth-order valence-corrected chi connectivity index (χ4v) is 1.59. The number of carbonyl (C=O) groups excluding carboxylic acids is 1. The quantitative estimate of drug-likeness (QED) is 0.179. The van der Waals surface area contributed by atoms with Gasteiger partial charge >= 0.3 is 5.97 Å². The molecule has 0 aliphatic carbocycles. The Balaban J connectivity index is 0. The van der Waals surface area contributed by atoms with Crippen molar-refractivity contribution in [2.75, 3.05) is 32.8 Å². The summed E-state index contributed by atoms with van der Waals surface area (Å²) < 4.78 is 10.7. The summed E-state index contributed by atoms with van der Waals surface area (Å²) in [5, 5.41) is 6.28. The molecule has 0 spiro atoms. The summed E-state index contributed by atoms with van der Waals surface area (Å²) >= 11 is 0. The third kappa shape index (κ3) is 17.6. The minimum atomic E-state index is -0.478. The fraction of sp³-hybridized carbons (Fsp3) is 0.875. The second-order valence-corrected chi connectivity index (χ2v) is 6.03. The highest BCUT2D eigenvalue weighted by molar-refractivity contribution is 14.0. The van der Waals surface area contributed by atoms with Crippen molar-refractivity contribution >= 4 is 35.9 Å². The van der Waals surface area contributed by atoms with E-state index in [4.69, 9.17) is 9.47 Å². The molecule has 0 heterocycles. The second-order valence-electron chi connectivity index (χ2n) is 6.03. The predicted molar refractivity (Wildman–Crippen MR) is 106 cm³/mol. The molecular formula is C16H34IN3O3. The Morgan fingerprint density at radius 3 is 2.30 bits per heavy atom. The van der Waals surface area contributed by atoms with E-state index in [1.165, 1.54) is 0 Å². The van der Waals surface area contributed by atoms with Crippen LogP contribution in [0.15, 0.2) is 4.99 Å². The smallest absolute Gasteiger partial charge is 0.328 e. The molecule has 0 radical (unpaired) electrons. The van der Waals surface area contributed by atoms with Gasteiger partial charge in [0.2, 0.25) is 0 Å². The monoisotopic (exact) mass is 443 g/mol. The zero-order chi connectivity index (χ0) is 16.8. The van der Waals surface area contributed by atoms with Crippen molar-refractivity contribution in [3.05, 3.63) is 0 Å². The van der Waals surface area contributed by atoms with E-state index >= 15 is 0 Å². The number of halogens is 1. The van der Waals surface area contributed by atoms with Crippen LogP contribution in [0.5, 0.6) is 0 Å². The SMILES string of the molecule is CCCCOCCCNC(=NCC(=O)OC(C)(C)C)NCC.I. The summed E-state index contributed by atoms with van der Waals surface area (Å²) in [6.07, 6.45) is 3.16. The van der Waals surface area contributed by atoms with E-state index in [0.717, 1.165) is 45.6 Å². The average molecular weight is 443 g/mol. The van der Waals surface area contributed by atoms with Crippen molar-refractivity contribution in [1.82, 2.24) is 10.6 Å². The Hall–Kier alpha value is -0.570. The molecule has 0 aromatic rings. The highest BCUT2D eigenvalue weighted by atomic mass is 127. The molecule has 0 amide bonds. The lowest BCUT2D eigenvalue weighted by atomic mass is 10.2. The Morgan fingerprint density at radius 1 is 1.09 bits per heavy atom. The van der Waals surface area contributed by atoms with Crippen molar-refractivity contribution in [3.8, 4) is 0 Å². The van der Waals surface area contributed by atoms with Gasteiger partial charge in [0.1, 0.15) is 12.1 Å². The molecule has 0 atom stereocenters. The van der Waals surface area contributed by atoms with Crippen LogP contribution in [0.25, 0.3) is 0 Å². The number of guanidine groups is 1. The summed E-state index contributed by atoms with van der Waals surface area (Å²) in [5.74, 6) is 0.300. The predicted octanol–water partition coefficient (Wildman–Crippen LogP) is 2.71. The highest BCUT2D eigenvalue weighted by Crippen LogP contribution is 2.06. The maximum atomic E-state index is 11.6. The molecule has 0 aliphatic heterocycles. The lowest BCUT2D eigenvalue weighted by Crippen LogP contribution is -2.38. The van der Waals surface area contributed by atoms with Crippen LogP contribution in [0.1, 0.15) is 53.9 Å². The molecule has 6 nitrogen and oxygen atoms in total. The number of esters is 1. The van der Waals surface area contributed by atoms with Gasteiger partial charge in [-0.3, -0.25) is 4.79 Å². The maximum absolute atomic E-state index is 11.6. The van der Waals surface area contributed by atoms with Gasteiger partial charge in [-0.05, 0) is 40.5 Å². The summed E-state index contributed by atoms with van der Waals surface area (Å²) in [6.45, 7) is 12.7. The minimum Gasteiger partial charge on any atom is -0.459 e. The van der Waals surface area contributed by atoms with E-state index in [0.29, 0.717) is 5.96 Å².